The van der Waals surface area contributed by atoms with Gasteiger partial charge < -0.3 is 20.6 Å². The Bertz CT molecular complexity index is 554. The number of amides is 1. The van der Waals surface area contributed by atoms with Gasteiger partial charge in [0.05, 0.1) is 18.8 Å². The average Bonchev–Trinajstić information content (AvgIpc) is 2.96. The Labute approximate surface area is 249 Å². The van der Waals surface area contributed by atoms with Crippen molar-refractivity contribution in [3.05, 3.63) is 12.2 Å². The van der Waals surface area contributed by atoms with Gasteiger partial charge in [-0.2, -0.15) is 0 Å². The van der Waals surface area contributed by atoms with Crippen molar-refractivity contribution in [2.45, 2.75) is 199 Å². The van der Waals surface area contributed by atoms with Crippen molar-refractivity contribution in [1.29, 1.82) is 0 Å². The molecule has 3 atom stereocenters. The maximum atomic E-state index is 12.3. The van der Waals surface area contributed by atoms with E-state index >= 15 is 0 Å². The summed E-state index contributed by atoms with van der Waals surface area (Å²) >= 11 is 0. The second-order valence-electron chi connectivity index (χ2n) is 12.1. The van der Waals surface area contributed by atoms with Gasteiger partial charge in [0.25, 0.3) is 0 Å². The Balaban J connectivity index is 3.71. The molecule has 0 spiro atoms. The highest BCUT2D eigenvalue weighted by atomic mass is 16.3. The molecule has 0 saturated heterocycles. The molecule has 0 aliphatic rings. The number of rotatable bonds is 31. The Hall–Kier alpha value is -0.910. The van der Waals surface area contributed by atoms with Gasteiger partial charge in [0.1, 0.15) is 6.10 Å². The van der Waals surface area contributed by atoms with Crippen molar-refractivity contribution < 1.29 is 20.1 Å². The third-order valence-electron chi connectivity index (χ3n) is 8.12. The maximum absolute atomic E-state index is 12.3. The number of carbonyl (C=O) groups is 1. The van der Waals surface area contributed by atoms with Crippen molar-refractivity contribution in [3.8, 4) is 0 Å². The topological polar surface area (TPSA) is 89.8 Å². The lowest BCUT2D eigenvalue weighted by Crippen LogP contribution is -2.50. The lowest BCUT2D eigenvalue weighted by molar-refractivity contribution is -0.124. The first-order valence-electron chi connectivity index (χ1n) is 17.5. The molecule has 5 heteroatoms. The Kier molecular flexibility index (Phi) is 30.3. The zero-order chi connectivity index (χ0) is 29.5. The third-order valence-corrected chi connectivity index (χ3v) is 8.12. The Morgan fingerprint density at radius 3 is 1.45 bits per heavy atom. The highest BCUT2D eigenvalue weighted by molar-refractivity contribution is 5.76. The van der Waals surface area contributed by atoms with Gasteiger partial charge in [-0.1, -0.05) is 148 Å². The molecule has 5 nitrogen and oxygen atoms in total. The summed E-state index contributed by atoms with van der Waals surface area (Å²) in [5, 5.41) is 33.2. The zero-order valence-corrected chi connectivity index (χ0v) is 26.7. The molecule has 0 bridgehead atoms. The molecule has 0 rings (SSSR count). The van der Waals surface area contributed by atoms with E-state index in [2.05, 4.69) is 31.3 Å². The second-order valence-corrected chi connectivity index (χ2v) is 12.1. The van der Waals surface area contributed by atoms with Crippen molar-refractivity contribution in [2.24, 2.45) is 0 Å². The van der Waals surface area contributed by atoms with Crippen molar-refractivity contribution in [2.75, 3.05) is 6.61 Å². The minimum Gasteiger partial charge on any atom is -0.394 e. The fourth-order valence-electron chi connectivity index (χ4n) is 5.33. The van der Waals surface area contributed by atoms with Crippen LogP contribution in [-0.2, 0) is 4.79 Å². The summed E-state index contributed by atoms with van der Waals surface area (Å²) < 4.78 is 0. The van der Waals surface area contributed by atoms with Crippen LogP contribution in [0.3, 0.4) is 0 Å². The standard InChI is InChI=1S/C35H69NO4/c1-3-5-7-9-11-13-15-16-17-18-19-20-22-24-26-28-30-34(39)36-32(31-37)35(40)33(38)29-27-25-23-21-14-12-10-8-6-4-2/h17-18,32-33,35,37-38,40H,3-16,19-31H2,1-2H3,(H,36,39)/b18-17-. The van der Waals surface area contributed by atoms with Crippen molar-refractivity contribution >= 4 is 5.91 Å². The highest BCUT2D eigenvalue weighted by Gasteiger charge is 2.26. The molecule has 40 heavy (non-hydrogen) atoms. The van der Waals surface area contributed by atoms with Gasteiger partial charge in [-0.3, -0.25) is 4.79 Å². The summed E-state index contributed by atoms with van der Waals surface area (Å²) in [6, 6.07) is -0.807. The van der Waals surface area contributed by atoms with E-state index in [0.29, 0.717) is 12.8 Å². The van der Waals surface area contributed by atoms with E-state index in [9.17, 15) is 20.1 Å². The molecule has 3 unspecified atom stereocenters. The van der Waals surface area contributed by atoms with Gasteiger partial charge in [-0.15, -0.1) is 0 Å². The molecule has 0 aromatic heterocycles. The summed E-state index contributed by atoms with van der Waals surface area (Å²) in [4.78, 5) is 12.3. The zero-order valence-electron chi connectivity index (χ0n) is 26.7. The molecule has 4 N–H and O–H groups in total. The van der Waals surface area contributed by atoms with E-state index in [-0.39, 0.29) is 12.5 Å². The number of hydrogen-bond donors (Lipinski definition) is 4. The normalized spacial score (nSPS) is 14.0. The minimum absolute atomic E-state index is 0.155. The quantitative estimate of drug-likeness (QED) is 0.0497. The number of aliphatic hydroxyl groups is 3. The maximum Gasteiger partial charge on any atom is 0.220 e. The fraction of sp³-hybridized carbons (Fsp3) is 0.914. The van der Waals surface area contributed by atoms with E-state index in [1.165, 1.54) is 109 Å². The summed E-state index contributed by atoms with van der Waals surface area (Å²) in [7, 11) is 0. The van der Waals surface area contributed by atoms with Gasteiger partial charge in [-0.25, -0.2) is 0 Å². The van der Waals surface area contributed by atoms with Crippen molar-refractivity contribution in [1.82, 2.24) is 5.32 Å². The van der Waals surface area contributed by atoms with Crippen LogP contribution in [0.2, 0.25) is 0 Å². The van der Waals surface area contributed by atoms with Crippen LogP contribution in [0.1, 0.15) is 181 Å². The van der Waals surface area contributed by atoms with E-state index in [4.69, 9.17) is 0 Å². The summed E-state index contributed by atoms with van der Waals surface area (Å²) in [5.74, 6) is -0.155. The van der Waals surface area contributed by atoms with Crippen LogP contribution in [0, 0.1) is 0 Å². The van der Waals surface area contributed by atoms with Crippen LogP contribution in [0.5, 0.6) is 0 Å². The number of allylic oxidation sites excluding steroid dienone is 2. The van der Waals surface area contributed by atoms with Crippen molar-refractivity contribution in [3.63, 3.8) is 0 Å². The fourth-order valence-corrected chi connectivity index (χ4v) is 5.33. The van der Waals surface area contributed by atoms with Gasteiger partial charge in [0.15, 0.2) is 0 Å². The largest absolute Gasteiger partial charge is 0.394 e. The van der Waals surface area contributed by atoms with Crippen LogP contribution in [0.15, 0.2) is 12.2 Å². The molecule has 0 aliphatic heterocycles. The van der Waals surface area contributed by atoms with E-state index in [0.717, 1.165) is 44.9 Å². The first-order chi connectivity index (χ1) is 19.6. The molecule has 0 aliphatic carbocycles. The molecule has 0 aromatic carbocycles. The second kappa shape index (κ2) is 31.0. The lowest BCUT2D eigenvalue weighted by atomic mass is 9.99. The smallest absolute Gasteiger partial charge is 0.220 e. The number of carbonyl (C=O) groups excluding carboxylic acids is 1. The number of hydrogen-bond acceptors (Lipinski definition) is 4. The van der Waals surface area contributed by atoms with Gasteiger partial charge in [0.2, 0.25) is 5.91 Å². The summed E-state index contributed by atoms with van der Waals surface area (Å²) in [6.07, 6.45) is 33.0. The monoisotopic (exact) mass is 568 g/mol. The highest BCUT2D eigenvalue weighted by Crippen LogP contribution is 2.15. The first kappa shape index (κ1) is 39.1. The molecule has 0 saturated carbocycles. The molecular formula is C35H69NO4. The number of aliphatic hydroxyl groups excluding tert-OH is 3. The van der Waals surface area contributed by atoms with E-state index in [1.54, 1.807) is 0 Å². The molecular weight excluding hydrogens is 498 g/mol. The molecule has 0 fully saturated rings. The van der Waals surface area contributed by atoms with Crippen LogP contribution in [0.25, 0.3) is 0 Å². The molecule has 238 valence electrons. The van der Waals surface area contributed by atoms with Crippen LogP contribution in [-0.4, -0.2) is 46.1 Å². The van der Waals surface area contributed by atoms with E-state index < -0.39 is 18.2 Å². The molecule has 0 heterocycles. The third kappa shape index (κ3) is 26.0. The van der Waals surface area contributed by atoms with Crippen LogP contribution in [0.4, 0.5) is 0 Å². The predicted molar refractivity (Wildman–Crippen MR) is 172 cm³/mol. The Morgan fingerprint density at radius 2 is 1.00 bits per heavy atom. The van der Waals surface area contributed by atoms with Gasteiger partial charge in [-0.05, 0) is 38.5 Å². The lowest BCUT2D eigenvalue weighted by Gasteiger charge is -2.26. The number of nitrogens with one attached hydrogen (secondary N) is 1. The van der Waals surface area contributed by atoms with E-state index in [1.807, 2.05) is 0 Å². The summed E-state index contributed by atoms with van der Waals surface area (Å²) in [5.41, 5.74) is 0. The van der Waals surface area contributed by atoms with Crippen LogP contribution < -0.4 is 5.32 Å². The number of unbranched alkanes of at least 4 members (excludes halogenated alkanes) is 21. The van der Waals surface area contributed by atoms with Crippen LogP contribution >= 0.6 is 0 Å². The molecule has 1 amide bonds. The first-order valence-corrected chi connectivity index (χ1v) is 17.5. The SMILES string of the molecule is CCCCCCCCC/C=C\CCCCCCCC(=O)NC(CO)C(O)C(O)CCCCCCCCCCCC. The van der Waals surface area contributed by atoms with Gasteiger partial charge in [0, 0.05) is 6.42 Å². The molecule has 0 radical (unpaired) electrons. The molecule has 0 aromatic rings. The van der Waals surface area contributed by atoms with Gasteiger partial charge >= 0.3 is 0 Å². The minimum atomic E-state index is -1.13. The predicted octanol–water partition coefficient (Wildman–Crippen LogP) is 8.92. The summed E-state index contributed by atoms with van der Waals surface area (Å²) in [6.45, 7) is 4.14. The Morgan fingerprint density at radius 1 is 0.600 bits per heavy atom. The average molecular weight is 568 g/mol.